The molecule has 2 aliphatic rings. The molecule has 2 heterocycles. The largest absolute Gasteiger partial charge is 0.416 e. The highest BCUT2D eigenvalue weighted by Crippen LogP contribution is 2.38. The lowest BCUT2D eigenvalue weighted by molar-refractivity contribution is -0.137. The van der Waals surface area contributed by atoms with E-state index in [1.807, 2.05) is 6.07 Å². The first-order chi connectivity index (χ1) is 11.1. The smallest absolute Gasteiger partial charge is 0.381 e. The van der Waals surface area contributed by atoms with E-state index in [2.05, 4.69) is 10.2 Å². The summed E-state index contributed by atoms with van der Waals surface area (Å²) in [5.74, 6) is 0.352. The number of piperazine rings is 1. The lowest BCUT2D eigenvalue weighted by Gasteiger charge is -2.41. The molecule has 0 aromatic heterocycles. The Kier molecular flexibility index (Phi) is 8.98. The number of alkyl halides is 3. The number of benzene rings is 1. The molecule has 1 N–H and O–H groups in total. The zero-order valence-electron chi connectivity index (χ0n) is 13.9. The van der Waals surface area contributed by atoms with Gasteiger partial charge < -0.3 is 10.1 Å². The molecule has 2 saturated heterocycles. The van der Waals surface area contributed by atoms with Crippen LogP contribution in [0.15, 0.2) is 24.3 Å². The predicted octanol–water partition coefficient (Wildman–Crippen LogP) is 3.92. The van der Waals surface area contributed by atoms with Crippen LogP contribution in [0.4, 0.5) is 13.2 Å². The molecule has 0 amide bonds. The van der Waals surface area contributed by atoms with E-state index in [1.165, 1.54) is 12.1 Å². The third-order valence-electron chi connectivity index (χ3n) is 4.81. The molecule has 144 valence electrons. The van der Waals surface area contributed by atoms with Gasteiger partial charge in [0.2, 0.25) is 0 Å². The van der Waals surface area contributed by atoms with Crippen LogP contribution in [0.1, 0.15) is 30.0 Å². The van der Waals surface area contributed by atoms with Gasteiger partial charge in [0.1, 0.15) is 0 Å². The van der Waals surface area contributed by atoms with Crippen LogP contribution >= 0.6 is 24.8 Å². The summed E-state index contributed by atoms with van der Waals surface area (Å²) < 4.78 is 44.7. The Bertz CT molecular complexity index is 501. The van der Waals surface area contributed by atoms with Crippen LogP contribution in [0.2, 0.25) is 0 Å². The van der Waals surface area contributed by atoms with Gasteiger partial charge in [-0.2, -0.15) is 13.2 Å². The molecule has 1 aromatic carbocycles. The van der Waals surface area contributed by atoms with E-state index < -0.39 is 11.7 Å². The Balaban J connectivity index is 0.00000156. The zero-order valence-corrected chi connectivity index (χ0v) is 15.6. The molecule has 25 heavy (non-hydrogen) atoms. The monoisotopic (exact) mass is 400 g/mol. The van der Waals surface area contributed by atoms with E-state index >= 15 is 0 Å². The van der Waals surface area contributed by atoms with Crippen LogP contribution in [-0.2, 0) is 10.9 Å². The molecule has 2 aliphatic heterocycles. The normalized spacial score (nSPS) is 21.1. The van der Waals surface area contributed by atoms with Gasteiger partial charge in [-0.1, -0.05) is 12.1 Å². The highest BCUT2D eigenvalue weighted by Gasteiger charge is 2.34. The predicted molar refractivity (Wildman–Crippen MR) is 96.7 cm³/mol. The number of hydrogen-bond acceptors (Lipinski definition) is 3. The van der Waals surface area contributed by atoms with Crippen LogP contribution in [0.25, 0.3) is 0 Å². The molecular weight excluding hydrogens is 376 g/mol. The van der Waals surface area contributed by atoms with Gasteiger partial charge in [0.05, 0.1) is 5.56 Å². The molecule has 3 rings (SSSR count). The molecule has 0 spiro atoms. The fourth-order valence-corrected chi connectivity index (χ4v) is 3.67. The van der Waals surface area contributed by atoms with E-state index in [0.29, 0.717) is 19.1 Å². The highest BCUT2D eigenvalue weighted by atomic mass is 35.5. The number of nitrogens with one attached hydrogen (secondary N) is 1. The minimum Gasteiger partial charge on any atom is -0.381 e. The van der Waals surface area contributed by atoms with Crippen LogP contribution in [0.5, 0.6) is 0 Å². The van der Waals surface area contributed by atoms with Gasteiger partial charge in [0, 0.05) is 45.4 Å². The summed E-state index contributed by atoms with van der Waals surface area (Å²) in [7, 11) is 0. The maximum Gasteiger partial charge on any atom is 0.416 e. The van der Waals surface area contributed by atoms with Gasteiger partial charge in [-0.3, -0.25) is 4.90 Å². The number of halogens is 5. The van der Waals surface area contributed by atoms with Crippen molar-refractivity contribution >= 4 is 24.8 Å². The molecule has 3 nitrogen and oxygen atoms in total. The van der Waals surface area contributed by atoms with E-state index in [-0.39, 0.29) is 30.9 Å². The molecule has 0 aliphatic carbocycles. The summed E-state index contributed by atoms with van der Waals surface area (Å²) in [6.07, 6.45) is -2.48. The second-order valence-corrected chi connectivity index (χ2v) is 6.30. The number of rotatable bonds is 3. The second-order valence-electron chi connectivity index (χ2n) is 6.30. The van der Waals surface area contributed by atoms with Crippen LogP contribution in [0.3, 0.4) is 0 Å². The summed E-state index contributed by atoms with van der Waals surface area (Å²) in [4.78, 5) is 2.34. The van der Waals surface area contributed by atoms with E-state index in [9.17, 15) is 13.2 Å². The van der Waals surface area contributed by atoms with Gasteiger partial charge >= 0.3 is 6.18 Å². The molecule has 0 unspecified atom stereocenters. The zero-order chi connectivity index (χ0) is 16.3. The van der Waals surface area contributed by atoms with Crippen LogP contribution in [-0.4, -0.2) is 44.3 Å². The van der Waals surface area contributed by atoms with Gasteiger partial charge in [0.25, 0.3) is 0 Å². The lowest BCUT2D eigenvalue weighted by Crippen LogP contribution is -2.47. The molecule has 1 aromatic rings. The first-order valence-electron chi connectivity index (χ1n) is 8.25. The Morgan fingerprint density at radius 1 is 1.08 bits per heavy atom. The fraction of sp³-hybridized carbons (Fsp3) is 0.647. The van der Waals surface area contributed by atoms with Crippen molar-refractivity contribution in [2.45, 2.75) is 25.1 Å². The summed E-state index contributed by atoms with van der Waals surface area (Å²) in [6.45, 7) is 4.92. The molecule has 0 radical (unpaired) electrons. The van der Waals surface area contributed by atoms with Crippen molar-refractivity contribution in [3.8, 4) is 0 Å². The van der Waals surface area contributed by atoms with Crippen LogP contribution < -0.4 is 5.32 Å². The van der Waals surface area contributed by atoms with Crippen molar-refractivity contribution in [2.75, 3.05) is 39.4 Å². The summed E-state index contributed by atoms with van der Waals surface area (Å²) in [5.41, 5.74) is 0.232. The Morgan fingerprint density at radius 2 is 1.72 bits per heavy atom. The van der Waals surface area contributed by atoms with Crippen molar-refractivity contribution in [3.63, 3.8) is 0 Å². The van der Waals surface area contributed by atoms with Crippen molar-refractivity contribution in [3.05, 3.63) is 35.4 Å². The molecule has 0 saturated carbocycles. The average molecular weight is 401 g/mol. The average Bonchev–Trinajstić information content (AvgIpc) is 2.57. The van der Waals surface area contributed by atoms with E-state index in [1.54, 1.807) is 0 Å². The SMILES string of the molecule is Cl.Cl.FC(F)(F)c1cccc([C@H](C2CCOCC2)N2CCNCC2)c1. The number of nitrogens with zero attached hydrogens (tertiary/aromatic N) is 1. The van der Waals surface area contributed by atoms with Crippen LogP contribution in [0, 0.1) is 5.92 Å². The van der Waals surface area contributed by atoms with Crippen molar-refractivity contribution in [2.24, 2.45) is 5.92 Å². The van der Waals surface area contributed by atoms with Gasteiger partial charge in [-0.05, 0) is 36.5 Å². The van der Waals surface area contributed by atoms with E-state index in [0.717, 1.165) is 50.7 Å². The number of hydrogen-bond donors (Lipinski definition) is 1. The third-order valence-corrected chi connectivity index (χ3v) is 4.81. The molecule has 0 bridgehead atoms. The first-order valence-corrected chi connectivity index (χ1v) is 8.25. The Morgan fingerprint density at radius 3 is 2.32 bits per heavy atom. The highest BCUT2D eigenvalue weighted by molar-refractivity contribution is 5.85. The van der Waals surface area contributed by atoms with Crippen molar-refractivity contribution in [1.29, 1.82) is 0 Å². The van der Waals surface area contributed by atoms with Gasteiger partial charge in [-0.15, -0.1) is 24.8 Å². The summed E-state index contributed by atoms with van der Waals surface area (Å²) in [5, 5.41) is 3.31. The van der Waals surface area contributed by atoms with Crippen molar-refractivity contribution in [1.82, 2.24) is 10.2 Å². The van der Waals surface area contributed by atoms with Gasteiger partial charge in [-0.25, -0.2) is 0 Å². The number of ether oxygens (including phenoxy) is 1. The first kappa shape index (κ1) is 22.5. The molecule has 2 fully saturated rings. The molecule has 8 heteroatoms. The van der Waals surface area contributed by atoms with Gasteiger partial charge in [0.15, 0.2) is 0 Å². The summed E-state index contributed by atoms with van der Waals surface area (Å²) >= 11 is 0. The lowest BCUT2D eigenvalue weighted by atomic mass is 9.85. The Hall–Kier alpha value is -0.530. The maximum absolute atomic E-state index is 13.1. The maximum atomic E-state index is 13.1. The summed E-state index contributed by atoms with van der Waals surface area (Å²) in [6, 6.07) is 5.91. The quantitative estimate of drug-likeness (QED) is 0.831. The minimum atomic E-state index is -4.29. The fourth-order valence-electron chi connectivity index (χ4n) is 3.67. The van der Waals surface area contributed by atoms with Crippen molar-refractivity contribution < 1.29 is 17.9 Å². The Labute approximate surface area is 159 Å². The standard InChI is InChI=1S/C17H23F3N2O.2ClH/c18-17(19,20)15-3-1-2-14(12-15)16(13-4-10-23-11-5-13)22-8-6-21-7-9-22;;/h1-3,12-13,16,21H,4-11H2;2*1H/t16-;;/m0../s1. The van der Waals surface area contributed by atoms with E-state index in [4.69, 9.17) is 4.74 Å². The molecule has 1 atom stereocenters. The molecular formula is C17H25Cl2F3N2O. The minimum absolute atomic E-state index is 0. The second kappa shape index (κ2) is 9.97. The third kappa shape index (κ3) is 5.73. The topological polar surface area (TPSA) is 24.5 Å².